The van der Waals surface area contributed by atoms with E-state index in [2.05, 4.69) is 16.0 Å². The first-order valence-electron chi connectivity index (χ1n) is 8.86. The number of hydrogen-bond acceptors (Lipinski definition) is 7. The molecule has 0 aliphatic heterocycles. The van der Waals surface area contributed by atoms with Gasteiger partial charge in [0, 0.05) is 19.8 Å². The molecule has 0 bridgehead atoms. The van der Waals surface area contributed by atoms with E-state index in [1.54, 1.807) is 0 Å². The molecule has 29 heavy (non-hydrogen) atoms. The van der Waals surface area contributed by atoms with Crippen LogP contribution in [0.1, 0.15) is 39.0 Å². The van der Waals surface area contributed by atoms with Gasteiger partial charge in [0.1, 0.15) is 18.4 Å². The van der Waals surface area contributed by atoms with Gasteiger partial charge in [-0.25, -0.2) is 0 Å². The zero-order valence-corrected chi connectivity index (χ0v) is 17.1. The number of carboxylic acid groups (broad SMARTS) is 2. The summed E-state index contributed by atoms with van der Waals surface area (Å²) in [7, 11) is 0. The molecule has 0 aliphatic rings. The van der Waals surface area contributed by atoms with Gasteiger partial charge in [0.05, 0.1) is 6.04 Å². The number of nitrogens with one attached hydrogen (secondary N) is 3. The monoisotopic (exact) mass is 433 g/mol. The summed E-state index contributed by atoms with van der Waals surface area (Å²) in [5.41, 5.74) is 0. The van der Waals surface area contributed by atoms with Gasteiger partial charge in [-0.05, 0) is 31.3 Å². The lowest BCUT2D eigenvalue weighted by Gasteiger charge is -2.23. The number of thioether (sulfide) groups is 1. The molecule has 0 rings (SSSR count). The summed E-state index contributed by atoms with van der Waals surface area (Å²) in [5.74, 6) is -3.88. The van der Waals surface area contributed by atoms with Gasteiger partial charge in [-0.2, -0.15) is 11.8 Å². The highest BCUT2D eigenvalue weighted by Gasteiger charge is 2.28. The van der Waals surface area contributed by atoms with Gasteiger partial charge in [-0.3, -0.25) is 24.0 Å². The Hall–Kier alpha value is -2.63. The van der Waals surface area contributed by atoms with Crippen molar-refractivity contribution in [2.75, 3.05) is 12.0 Å². The van der Waals surface area contributed by atoms with Crippen LogP contribution in [0.15, 0.2) is 0 Å². The van der Waals surface area contributed by atoms with Crippen molar-refractivity contribution >= 4 is 47.7 Å². The Kier molecular flexibility index (Phi) is 13.1. The Morgan fingerprint density at radius 1 is 0.862 bits per heavy atom. The number of carboxylic acids is 2. The molecule has 0 fully saturated rings. The second kappa shape index (κ2) is 14.4. The summed E-state index contributed by atoms with van der Waals surface area (Å²) >= 11 is 1.48. The fourth-order valence-corrected chi connectivity index (χ4v) is 2.78. The molecule has 164 valence electrons. The van der Waals surface area contributed by atoms with Crippen molar-refractivity contribution in [2.24, 2.45) is 0 Å². The smallest absolute Gasteiger partial charge is 0.303 e. The zero-order chi connectivity index (χ0) is 22.4. The van der Waals surface area contributed by atoms with E-state index in [1.807, 2.05) is 6.26 Å². The molecule has 0 spiro atoms. The fourth-order valence-electron chi connectivity index (χ4n) is 2.29. The van der Waals surface area contributed by atoms with E-state index >= 15 is 0 Å². The SMILES string of the molecule is CSCC[C@@H](C=O)NC(=O)[C@H](CCC(=O)O)NC(=O)[C@H](CCC(=O)O)NC(C)=O. The first kappa shape index (κ1) is 26.4. The summed E-state index contributed by atoms with van der Waals surface area (Å²) < 4.78 is 0. The average molecular weight is 433 g/mol. The Balaban J connectivity index is 5.23. The van der Waals surface area contributed by atoms with E-state index in [4.69, 9.17) is 10.2 Å². The Labute approximate surface area is 172 Å². The molecule has 0 saturated carbocycles. The number of amides is 3. The maximum atomic E-state index is 12.5. The molecular weight excluding hydrogens is 406 g/mol. The van der Waals surface area contributed by atoms with Gasteiger partial charge >= 0.3 is 11.9 Å². The molecule has 11 nitrogen and oxygen atoms in total. The minimum Gasteiger partial charge on any atom is -0.481 e. The van der Waals surface area contributed by atoms with Gasteiger partial charge in [0.15, 0.2) is 0 Å². The number of hydrogen-bond donors (Lipinski definition) is 5. The van der Waals surface area contributed by atoms with Crippen molar-refractivity contribution in [1.29, 1.82) is 0 Å². The van der Waals surface area contributed by atoms with Gasteiger partial charge in [0.25, 0.3) is 0 Å². The maximum Gasteiger partial charge on any atom is 0.303 e. The maximum absolute atomic E-state index is 12.5. The molecule has 0 heterocycles. The molecule has 0 aromatic carbocycles. The van der Waals surface area contributed by atoms with E-state index in [9.17, 15) is 28.8 Å². The molecule has 5 N–H and O–H groups in total. The second-order valence-electron chi connectivity index (χ2n) is 6.21. The summed E-state index contributed by atoms with van der Waals surface area (Å²) in [6.07, 6.45) is 1.48. The normalized spacial score (nSPS) is 13.4. The van der Waals surface area contributed by atoms with Crippen LogP contribution in [0.4, 0.5) is 0 Å². The molecule has 3 amide bonds. The van der Waals surface area contributed by atoms with Crippen LogP contribution >= 0.6 is 11.8 Å². The van der Waals surface area contributed by atoms with Gasteiger partial charge in [0.2, 0.25) is 17.7 Å². The molecule has 0 unspecified atom stereocenters. The average Bonchev–Trinajstić information content (AvgIpc) is 2.64. The van der Waals surface area contributed by atoms with Crippen LogP contribution in [0.2, 0.25) is 0 Å². The van der Waals surface area contributed by atoms with E-state index < -0.39 is 60.6 Å². The molecule has 0 aliphatic carbocycles. The molecule has 0 aromatic rings. The molecule has 0 saturated heterocycles. The Morgan fingerprint density at radius 2 is 1.34 bits per heavy atom. The molecule has 0 radical (unpaired) electrons. The van der Waals surface area contributed by atoms with E-state index in [-0.39, 0.29) is 12.8 Å². The number of aldehydes is 1. The lowest BCUT2D eigenvalue weighted by Crippen LogP contribution is -2.55. The number of carbonyl (C=O) groups is 6. The van der Waals surface area contributed by atoms with E-state index in [1.165, 1.54) is 11.8 Å². The Bertz CT molecular complexity index is 613. The summed E-state index contributed by atoms with van der Waals surface area (Å²) in [6, 6.07) is -3.27. The highest BCUT2D eigenvalue weighted by molar-refractivity contribution is 7.98. The van der Waals surface area contributed by atoms with Gasteiger partial charge < -0.3 is 31.0 Å². The third kappa shape index (κ3) is 12.4. The van der Waals surface area contributed by atoms with Crippen LogP contribution < -0.4 is 16.0 Å². The zero-order valence-electron chi connectivity index (χ0n) is 16.3. The van der Waals surface area contributed by atoms with Crippen molar-refractivity contribution in [1.82, 2.24) is 16.0 Å². The molecule has 12 heteroatoms. The quantitative estimate of drug-likeness (QED) is 0.205. The van der Waals surface area contributed by atoms with Crippen molar-refractivity contribution in [3.63, 3.8) is 0 Å². The number of carbonyl (C=O) groups excluding carboxylic acids is 4. The number of aliphatic carboxylic acids is 2. The van der Waals surface area contributed by atoms with E-state index in [0.29, 0.717) is 18.5 Å². The van der Waals surface area contributed by atoms with Crippen LogP contribution in [0, 0.1) is 0 Å². The van der Waals surface area contributed by atoms with Crippen LogP contribution in [-0.4, -0.2) is 76.3 Å². The summed E-state index contributed by atoms with van der Waals surface area (Å²) in [6.45, 7) is 1.15. The minimum atomic E-state index is -1.27. The van der Waals surface area contributed by atoms with E-state index in [0.717, 1.165) is 6.92 Å². The minimum absolute atomic E-state index is 0.210. The summed E-state index contributed by atoms with van der Waals surface area (Å²) in [4.78, 5) is 69.0. The fraction of sp³-hybridized carbons (Fsp3) is 0.647. The van der Waals surface area contributed by atoms with Crippen LogP contribution in [0.25, 0.3) is 0 Å². The van der Waals surface area contributed by atoms with Crippen molar-refractivity contribution < 1.29 is 39.0 Å². The largest absolute Gasteiger partial charge is 0.481 e. The predicted octanol–water partition coefficient (Wildman–Crippen LogP) is -0.858. The molecule has 3 atom stereocenters. The third-order valence-electron chi connectivity index (χ3n) is 3.75. The van der Waals surface area contributed by atoms with Crippen molar-refractivity contribution in [2.45, 2.75) is 57.2 Å². The predicted molar refractivity (Wildman–Crippen MR) is 104 cm³/mol. The lowest BCUT2D eigenvalue weighted by atomic mass is 10.1. The molecular formula is C17H27N3O8S. The first-order chi connectivity index (χ1) is 13.6. The van der Waals surface area contributed by atoms with Crippen molar-refractivity contribution in [3.05, 3.63) is 0 Å². The lowest BCUT2D eigenvalue weighted by molar-refractivity contribution is -0.139. The topological polar surface area (TPSA) is 179 Å². The first-order valence-corrected chi connectivity index (χ1v) is 10.3. The number of rotatable bonds is 15. The standard InChI is InChI=1S/C17H27N3O8S/c1-10(22)18-12(3-5-14(23)24)17(28)20-13(4-6-15(25)26)16(27)19-11(9-21)7-8-29-2/h9,11-13H,3-8H2,1-2H3,(H,18,22)(H,19,27)(H,20,28)(H,23,24)(H,25,26)/t11-,12-,13-/m0/s1. The van der Waals surface area contributed by atoms with Crippen molar-refractivity contribution in [3.8, 4) is 0 Å². The molecule has 0 aromatic heterocycles. The Morgan fingerprint density at radius 3 is 1.76 bits per heavy atom. The second-order valence-corrected chi connectivity index (χ2v) is 7.20. The highest BCUT2D eigenvalue weighted by atomic mass is 32.2. The highest BCUT2D eigenvalue weighted by Crippen LogP contribution is 2.05. The van der Waals surface area contributed by atoms with Gasteiger partial charge in [-0.1, -0.05) is 0 Å². The van der Waals surface area contributed by atoms with Gasteiger partial charge in [-0.15, -0.1) is 0 Å². The van der Waals surface area contributed by atoms with Crippen LogP contribution in [0.5, 0.6) is 0 Å². The third-order valence-corrected chi connectivity index (χ3v) is 4.39. The van der Waals surface area contributed by atoms with Crippen LogP contribution in [-0.2, 0) is 28.8 Å². The van der Waals surface area contributed by atoms with Crippen LogP contribution in [0.3, 0.4) is 0 Å². The summed E-state index contributed by atoms with van der Waals surface area (Å²) in [5, 5.41) is 24.8.